The van der Waals surface area contributed by atoms with E-state index >= 15 is 0 Å². The Morgan fingerprint density at radius 2 is 2.25 bits per heavy atom. The molecule has 1 aromatic heterocycles. The minimum Gasteiger partial charge on any atom is -0.466 e. The van der Waals surface area contributed by atoms with Crippen molar-refractivity contribution in [3.63, 3.8) is 0 Å². The van der Waals surface area contributed by atoms with Crippen molar-refractivity contribution in [3.05, 3.63) is 0 Å². The van der Waals surface area contributed by atoms with Gasteiger partial charge < -0.3 is 4.74 Å². The standard InChI is InChI=1S/C7H13ClN4O3S/c1-15-7-9-6(10-11-7)12-16(13,14)5-3-2-4-8/h2-5H2,1H3,(H2,9,10,11,12). The molecule has 0 radical (unpaired) electrons. The lowest BCUT2D eigenvalue weighted by atomic mass is 10.4. The normalized spacial score (nSPS) is 11.4. The van der Waals surface area contributed by atoms with Gasteiger partial charge in [-0.25, -0.2) is 13.5 Å². The van der Waals surface area contributed by atoms with Crippen LogP contribution in [0.4, 0.5) is 5.95 Å². The van der Waals surface area contributed by atoms with Crippen LogP contribution in [-0.4, -0.2) is 42.3 Å². The van der Waals surface area contributed by atoms with Crippen LogP contribution >= 0.6 is 11.6 Å². The molecule has 0 fully saturated rings. The first-order valence-electron chi connectivity index (χ1n) is 4.60. The molecule has 0 saturated carbocycles. The number of anilines is 1. The van der Waals surface area contributed by atoms with Crippen LogP contribution < -0.4 is 9.46 Å². The van der Waals surface area contributed by atoms with Crippen LogP contribution in [0.1, 0.15) is 12.8 Å². The number of ether oxygens (including phenoxy) is 1. The van der Waals surface area contributed by atoms with Crippen LogP contribution in [0.3, 0.4) is 0 Å². The largest absolute Gasteiger partial charge is 0.466 e. The van der Waals surface area contributed by atoms with Gasteiger partial charge >= 0.3 is 6.01 Å². The van der Waals surface area contributed by atoms with Gasteiger partial charge in [-0.15, -0.1) is 16.7 Å². The second kappa shape index (κ2) is 5.90. The average Bonchev–Trinajstić information content (AvgIpc) is 2.65. The van der Waals surface area contributed by atoms with Gasteiger partial charge in [0.05, 0.1) is 12.9 Å². The Hall–Kier alpha value is -1.02. The molecule has 0 amide bonds. The summed E-state index contributed by atoms with van der Waals surface area (Å²) in [5.74, 6) is 0.497. The zero-order valence-corrected chi connectivity index (χ0v) is 10.3. The molecule has 0 aromatic carbocycles. The third-order valence-corrected chi connectivity index (χ3v) is 3.29. The maximum absolute atomic E-state index is 11.5. The van der Waals surface area contributed by atoms with E-state index in [4.69, 9.17) is 16.3 Å². The van der Waals surface area contributed by atoms with Crippen LogP contribution in [0, 0.1) is 0 Å². The minimum atomic E-state index is -3.40. The number of methoxy groups -OCH3 is 1. The lowest BCUT2D eigenvalue weighted by Gasteiger charge is -2.03. The first-order chi connectivity index (χ1) is 7.57. The Morgan fingerprint density at radius 3 is 2.81 bits per heavy atom. The fraction of sp³-hybridized carbons (Fsp3) is 0.714. The Balaban J connectivity index is 2.51. The monoisotopic (exact) mass is 268 g/mol. The molecule has 9 heteroatoms. The molecule has 0 aliphatic heterocycles. The van der Waals surface area contributed by atoms with Crippen LogP contribution in [0.15, 0.2) is 0 Å². The second-order valence-corrected chi connectivity index (χ2v) is 5.21. The van der Waals surface area contributed by atoms with Crippen molar-refractivity contribution in [2.24, 2.45) is 0 Å². The summed E-state index contributed by atoms with van der Waals surface area (Å²) >= 11 is 5.45. The molecule has 16 heavy (non-hydrogen) atoms. The van der Waals surface area contributed by atoms with Gasteiger partial charge in [0.2, 0.25) is 16.0 Å². The van der Waals surface area contributed by atoms with Crippen molar-refractivity contribution in [1.29, 1.82) is 0 Å². The maximum Gasteiger partial charge on any atom is 0.336 e. The van der Waals surface area contributed by atoms with Crippen LogP contribution in [-0.2, 0) is 10.0 Å². The maximum atomic E-state index is 11.5. The highest BCUT2D eigenvalue weighted by molar-refractivity contribution is 7.92. The fourth-order valence-electron chi connectivity index (χ4n) is 0.968. The van der Waals surface area contributed by atoms with Crippen molar-refractivity contribution < 1.29 is 13.2 Å². The van der Waals surface area contributed by atoms with Crippen LogP contribution in [0.2, 0.25) is 0 Å². The molecule has 2 N–H and O–H groups in total. The van der Waals surface area contributed by atoms with E-state index in [0.29, 0.717) is 18.7 Å². The Kier molecular flexibility index (Phi) is 4.81. The molecule has 1 heterocycles. The van der Waals surface area contributed by atoms with Crippen LogP contribution in [0.5, 0.6) is 6.01 Å². The molecule has 0 bridgehead atoms. The number of nitrogens with zero attached hydrogens (tertiary/aromatic N) is 2. The van der Waals surface area contributed by atoms with Crippen molar-refractivity contribution in [1.82, 2.24) is 15.2 Å². The first kappa shape index (κ1) is 13.0. The first-order valence-corrected chi connectivity index (χ1v) is 6.79. The number of H-pyrrole nitrogens is 1. The molecule has 7 nitrogen and oxygen atoms in total. The minimum absolute atomic E-state index is 0.00271. The van der Waals surface area contributed by atoms with Gasteiger partial charge in [0, 0.05) is 5.88 Å². The number of hydrogen-bond acceptors (Lipinski definition) is 5. The number of aromatic amines is 1. The third-order valence-electron chi connectivity index (χ3n) is 1.70. The highest BCUT2D eigenvalue weighted by Crippen LogP contribution is 2.07. The Bertz CT molecular complexity index is 419. The number of halogens is 1. The third kappa shape index (κ3) is 4.23. The predicted octanol–water partition coefficient (Wildman–Crippen LogP) is 0.574. The van der Waals surface area contributed by atoms with E-state index in [1.54, 1.807) is 0 Å². The molecular weight excluding hydrogens is 256 g/mol. The van der Waals surface area contributed by atoms with E-state index in [-0.39, 0.29) is 17.7 Å². The molecular formula is C7H13ClN4O3S. The van der Waals surface area contributed by atoms with Gasteiger partial charge in [0.25, 0.3) is 0 Å². The number of aromatic nitrogens is 3. The summed E-state index contributed by atoms with van der Waals surface area (Å²) in [6.45, 7) is 0. The van der Waals surface area contributed by atoms with Crippen molar-refractivity contribution in [2.45, 2.75) is 12.8 Å². The highest BCUT2D eigenvalue weighted by Gasteiger charge is 2.12. The van der Waals surface area contributed by atoms with Gasteiger partial charge in [0.15, 0.2) is 0 Å². The molecule has 0 unspecified atom stereocenters. The van der Waals surface area contributed by atoms with Crippen molar-refractivity contribution in [3.8, 4) is 6.01 Å². The predicted molar refractivity (Wildman–Crippen MR) is 60.3 cm³/mol. The van der Waals surface area contributed by atoms with E-state index < -0.39 is 10.0 Å². The zero-order valence-electron chi connectivity index (χ0n) is 8.73. The Labute approximate surface area is 98.6 Å². The molecule has 0 aliphatic carbocycles. The van der Waals surface area contributed by atoms with Gasteiger partial charge in [-0.3, -0.25) is 4.72 Å². The topological polar surface area (TPSA) is 97.0 Å². The number of unbranched alkanes of at least 4 members (excludes halogenated alkanes) is 1. The van der Waals surface area contributed by atoms with E-state index in [9.17, 15) is 8.42 Å². The summed E-state index contributed by atoms with van der Waals surface area (Å²) < 4.78 is 29.9. The van der Waals surface area contributed by atoms with Crippen molar-refractivity contribution >= 4 is 27.6 Å². The SMILES string of the molecule is COc1n[nH]c(NS(=O)(=O)CCCCCl)n1. The van der Waals surface area contributed by atoms with E-state index in [1.807, 2.05) is 0 Å². The number of hydrogen-bond donors (Lipinski definition) is 2. The summed E-state index contributed by atoms with van der Waals surface area (Å²) in [7, 11) is -2.01. The Morgan fingerprint density at radius 1 is 1.50 bits per heavy atom. The number of sulfonamides is 1. The van der Waals surface area contributed by atoms with Crippen LogP contribution in [0.25, 0.3) is 0 Å². The van der Waals surface area contributed by atoms with Gasteiger partial charge in [0.1, 0.15) is 0 Å². The fourth-order valence-corrected chi connectivity index (χ4v) is 2.23. The van der Waals surface area contributed by atoms with E-state index in [1.165, 1.54) is 7.11 Å². The molecule has 0 atom stereocenters. The van der Waals surface area contributed by atoms with Gasteiger partial charge in [-0.1, -0.05) is 0 Å². The molecule has 92 valence electrons. The lowest BCUT2D eigenvalue weighted by molar-refractivity contribution is 0.382. The highest BCUT2D eigenvalue weighted by atomic mass is 35.5. The zero-order chi connectivity index (χ0) is 12.0. The molecule has 1 rings (SSSR count). The number of alkyl halides is 1. The second-order valence-electron chi connectivity index (χ2n) is 2.99. The molecule has 1 aromatic rings. The summed E-state index contributed by atoms with van der Waals surface area (Å²) in [5, 5.41) is 6.01. The summed E-state index contributed by atoms with van der Waals surface area (Å²) in [6, 6.07) is 0.0819. The molecule has 0 spiro atoms. The average molecular weight is 269 g/mol. The number of rotatable bonds is 7. The van der Waals surface area contributed by atoms with E-state index in [0.717, 1.165) is 0 Å². The molecule has 0 aliphatic rings. The van der Waals surface area contributed by atoms with E-state index in [2.05, 4.69) is 19.9 Å². The quantitative estimate of drug-likeness (QED) is 0.557. The number of nitrogens with one attached hydrogen (secondary N) is 2. The van der Waals surface area contributed by atoms with Crippen molar-refractivity contribution in [2.75, 3.05) is 23.5 Å². The van der Waals surface area contributed by atoms with Gasteiger partial charge in [-0.05, 0) is 12.8 Å². The molecule has 0 saturated heterocycles. The smallest absolute Gasteiger partial charge is 0.336 e. The summed E-state index contributed by atoms with van der Waals surface area (Å²) in [6.07, 6.45) is 1.16. The summed E-state index contributed by atoms with van der Waals surface area (Å²) in [5.41, 5.74) is 0. The summed E-state index contributed by atoms with van der Waals surface area (Å²) in [4.78, 5) is 3.74. The van der Waals surface area contributed by atoms with Gasteiger partial charge in [-0.2, -0.15) is 4.98 Å². The lowest BCUT2D eigenvalue weighted by Crippen LogP contribution is -2.17.